The van der Waals surface area contributed by atoms with Crippen molar-refractivity contribution in [2.45, 2.75) is 0 Å². The lowest BCUT2D eigenvalue weighted by Crippen LogP contribution is -2.03. The highest BCUT2D eigenvalue weighted by Gasteiger charge is 2.26. The Labute approximate surface area is 295 Å². The van der Waals surface area contributed by atoms with E-state index in [9.17, 15) is 0 Å². The Morgan fingerprint density at radius 3 is 1.90 bits per heavy atom. The van der Waals surface area contributed by atoms with E-state index in [1.165, 1.54) is 64.7 Å². The summed E-state index contributed by atoms with van der Waals surface area (Å²) in [5.41, 5.74) is 11.4. The van der Waals surface area contributed by atoms with E-state index in [1.54, 1.807) is 11.3 Å². The number of hydrogen-bond acceptors (Lipinski definition) is 3. The van der Waals surface area contributed by atoms with Crippen LogP contribution in [0.4, 0.5) is 0 Å². The Bertz CT molecular complexity index is 3350. The number of rotatable bonds is 3. The average Bonchev–Trinajstić information content (AvgIpc) is 3.93. The maximum absolute atomic E-state index is 5.48. The highest BCUT2D eigenvalue weighted by Crippen LogP contribution is 2.47. The van der Waals surface area contributed by atoms with Crippen molar-refractivity contribution in [2.75, 3.05) is 0 Å². The highest BCUT2D eigenvalue weighted by atomic mass is 32.1. The molecule has 0 atom stereocenters. The molecule has 4 nitrogen and oxygen atoms in total. The third kappa shape index (κ3) is 3.63. The fraction of sp³-hybridized carbons (Fsp3) is 0. The molecule has 0 bridgehead atoms. The predicted molar refractivity (Wildman–Crippen MR) is 215 cm³/mol. The molecule has 51 heavy (non-hydrogen) atoms. The van der Waals surface area contributed by atoms with Gasteiger partial charge in [-0.1, -0.05) is 127 Å². The predicted octanol–water partition coefficient (Wildman–Crippen LogP) is 12.4. The molecule has 0 spiro atoms. The van der Waals surface area contributed by atoms with Gasteiger partial charge in [0.1, 0.15) is 0 Å². The first-order valence-corrected chi connectivity index (χ1v) is 18.1. The van der Waals surface area contributed by atoms with Crippen LogP contribution in [0.1, 0.15) is 0 Å². The van der Waals surface area contributed by atoms with Crippen LogP contribution in [0.15, 0.2) is 158 Å². The summed E-state index contributed by atoms with van der Waals surface area (Å²) in [6.45, 7) is 0. The van der Waals surface area contributed by atoms with Gasteiger partial charge >= 0.3 is 0 Å². The Balaban J connectivity index is 1.28. The van der Waals surface area contributed by atoms with Gasteiger partial charge in [-0.3, -0.25) is 4.57 Å². The normalized spacial score (nSPS) is 12.3. The summed E-state index contributed by atoms with van der Waals surface area (Å²) in [7, 11) is 0. The molecule has 0 saturated carbocycles. The Morgan fingerprint density at radius 2 is 1.08 bits per heavy atom. The van der Waals surface area contributed by atoms with E-state index in [2.05, 4.69) is 167 Å². The number of aromatic nitrogens is 4. The van der Waals surface area contributed by atoms with Crippen LogP contribution >= 0.6 is 11.3 Å². The van der Waals surface area contributed by atoms with Gasteiger partial charge in [0, 0.05) is 48.0 Å². The maximum Gasteiger partial charge on any atom is 0.235 e. The van der Waals surface area contributed by atoms with Gasteiger partial charge in [-0.25, -0.2) is 9.97 Å². The van der Waals surface area contributed by atoms with Crippen molar-refractivity contribution in [2.24, 2.45) is 0 Å². The minimum atomic E-state index is 0.685. The number of para-hydroxylation sites is 2. The van der Waals surface area contributed by atoms with Gasteiger partial charge in [0.2, 0.25) is 5.95 Å². The van der Waals surface area contributed by atoms with Crippen molar-refractivity contribution in [1.29, 1.82) is 0 Å². The molecular formula is C46H26N4S. The number of hydrogen-bond donors (Lipinski definition) is 0. The first kappa shape index (κ1) is 27.3. The molecule has 0 radical (unpaired) electrons. The average molecular weight is 667 g/mol. The topological polar surface area (TPSA) is 35.1 Å². The molecule has 5 aromatic heterocycles. The first-order valence-electron chi connectivity index (χ1n) is 17.3. The smallest absolute Gasteiger partial charge is 0.235 e. The molecule has 12 rings (SSSR count). The lowest BCUT2D eigenvalue weighted by molar-refractivity contribution is 1.02. The SMILES string of the molecule is c1ccc(-c2ccc3c4cc5c6ccccc6n(-c6nc(-c7ccccc7)c7sc8ccccc8c7n6)c5c5c6ccccc6n(c3c2)c45)cc1. The van der Waals surface area contributed by atoms with Crippen LogP contribution in [0.3, 0.4) is 0 Å². The summed E-state index contributed by atoms with van der Waals surface area (Å²) >= 11 is 1.77. The molecule has 7 aromatic carbocycles. The summed E-state index contributed by atoms with van der Waals surface area (Å²) in [4.78, 5) is 10.9. The fourth-order valence-electron chi connectivity index (χ4n) is 8.49. The third-order valence-electron chi connectivity index (χ3n) is 10.7. The third-order valence-corrected chi connectivity index (χ3v) is 11.8. The molecule has 0 aliphatic carbocycles. The van der Waals surface area contributed by atoms with E-state index in [-0.39, 0.29) is 0 Å². The van der Waals surface area contributed by atoms with Gasteiger partial charge < -0.3 is 4.40 Å². The zero-order chi connectivity index (χ0) is 33.2. The van der Waals surface area contributed by atoms with Crippen molar-refractivity contribution in [1.82, 2.24) is 18.9 Å². The van der Waals surface area contributed by atoms with E-state index in [0.717, 1.165) is 37.9 Å². The number of thiophene rings is 1. The van der Waals surface area contributed by atoms with Gasteiger partial charge in [0.15, 0.2) is 0 Å². The van der Waals surface area contributed by atoms with Gasteiger partial charge in [-0.2, -0.15) is 0 Å². The van der Waals surface area contributed by atoms with Gasteiger partial charge in [0.05, 0.1) is 43.5 Å². The summed E-state index contributed by atoms with van der Waals surface area (Å²) in [6.07, 6.45) is 0. The summed E-state index contributed by atoms with van der Waals surface area (Å²) in [5, 5.41) is 8.53. The number of fused-ring (bicyclic) bond motifs is 13. The minimum Gasteiger partial charge on any atom is -0.308 e. The van der Waals surface area contributed by atoms with Crippen LogP contribution in [0.25, 0.3) is 109 Å². The summed E-state index contributed by atoms with van der Waals surface area (Å²) in [6, 6.07) is 56.7. The standard InChI is InChI=1S/C46H26N4S/c1-3-13-27(14-4-1)29-23-24-31-35-26-34-30-17-7-10-20-36(30)50(44(34)40-32-18-8-11-21-37(32)49(43(35)40)38(31)25-29)46-47-41(28-15-5-2-6-16-28)45-42(48-46)33-19-9-12-22-39(33)51-45/h1-26H. The van der Waals surface area contributed by atoms with Crippen molar-refractivity contribution in [3.63, 3.8) is 0 Å². The van der Waals surface area contributed by atoms with Crippen LogP contribution < -0.4 is 0 Å². The van der Waals surface area contributed by atoms with Gasteiger partial charge in [-0.15, -0.1) is 11.3 Å². The van der Waals surface area contributed by atoms with Gasteiger partial charge in [0.25, 0.3) is 0 Å². The van der Waals surface area contributed by atoms with Gasteiger partial charge in [-0.05, 0) is 41.5 Å². The Kier molecular flexibility index (Phi) is 5.35. The minimum absolute atomic E-state index is 0.685. The molecular weight excluding hydrogens is 641 g/mol. The van der Waals surface area contributed by atoms with Crippen molar-refractivity contribution < 1.29 is 0 Å². The number of benzene rings is 7. The second kappa shape index (κ2) is 10.0. The lowest BCUT2D eigenvalue weighted by atomic mass is 10.0. The molecule has 5 heteroatoms. The Hall–Kier alpha value is -6.56. The van der Waals surface area contributed by atoms with Crippen LogP contribution in [-0.4, -0.2) is 18.9 Å². The van der Waals surface area contributed by atoms with Crippen LogP contribution in [-0.2, 0) is 0 Å². The molecule has 0 aliphatic rings. The molecule has 0 unspecified atom stereocenters. The zero-order valence-electron chi connectivity index (χ0n) is 27.2. The lowest BCUT2D eigenvalue weighted by Gasteiger charge is -2.11. The second-order valence-electron chi connectivity index (χ2n) is 13.4. The zero-order valence-corrected chi connectivity index (χ0v) is 28.0. The van der Waals surface area contributed by atoms with Crippen molar-refractivity contribution >= 4 is 91.5 Å². The van der Waals surface area contributed by atoms with Crippen molar-refractivity contribution in [3.05, 3.63) is 158 Å². The van der Waals surface area contributed by atoms with E-state index < -0.39 is 0 Å². The monoisotopic (exact) mass is 666 g/mol. The van der Waals surface area contributed by atoms with E-state index >= 15 is 0 Å². The van der Waals surface area contributed by atoms with Crippen molar-refractivity contribution in [3.8, 4) is 28.3 Å². The van der Waals surface area contributed by atoms with Crippen LogP contribution in [0.2, 0.25) is 0 Å². The fourth-order valence-corrected chi connectivity index (χ4v) is 9.65. The molecule has 0 N–H and O–H groups in total. The number of nitrogens with zero attached hydrogens (tertiary/aromatic N) is 4. The second-order valence-corrected chi connectivity index (χ2v) is 14.4. The van der Waals surface area contributed by atoms with E-state index in [1.807, 2.05) is 0 Å². The molecule has 0 saturated heterocycles. The first-order chi connectivity index (χ1) is 25.3. The quantitative estimate of drug-likeness (QED) is 0.188. The van der Waals surface area contributed by atoms with E-state index in [0.29, 0.717) is 5.95 Å². The van der Waals surface area contributed by atoms with E-state index in [4.69, 9.17) is 9.97 Å². The van der Waals surface area contributed by atoms with Crippen LogP contribution in [0.5, 0.6) is 0 Å². The Morgan fingerprint density at radius 1 is 0.431 bits per heavy atom. The maximum atomic E-state index is 5.48. The summed E-state index contributed by atoms with van der Waals surface area (Å²) < 4.78 is 7.14. The highest BCUT2D eigenvalue weighted by molar-refractivity contribution is 7.26. The molecule has 0 amide bonds. The molecule has 12 aromatic rings. The molecule has 0 aliphatic heterocycles. The molecule has 5 heterocycles. The molecule has 0 fully saturated rings. The largest absolute Gasteiger partial charge is 0.308 e. The molecule has 236 valence electrons. The summed E-state index contributed by atoms with van der Waals surface area (Å²) in [5.74, 6) is 0.685. The van der Waals surface area contributed by atoms with Crippen LogP contribution in [0, 0.1) is 0 Å².